The smallest absolute Gasteiger partial charge is 0.251 e. The number of quaternary nitrogens is 1. The standard InChI is InChI=1S/C21H35N3O3S/c1-16-11-17(2)13-24(12-16)28(26,27)19-9-7-18(8-10-19)20(25)22-14-21(3,4)15-23(5)6/h7-10,16-17H,11-15H2,1-6H3,(H,22,25)/p+1/t16-,17+. The molecule has 0 bridgehead atoms. The van der Waals surface area contributed by atoms with Crippen LogP contribution < -0.4 is 10.2 Å². The van der Waals surface area contributed by atoms with Crippen LogP contribution in [0.25, 0.3) is 0 Å². The van der Waals surface area contributed by atoms with Gasteiger partial charge in [-0.3, -0.25) is 4.79 Å². The molecule has 1 amide bonds. The zero-order valence-corrected chi connectivity index (χ0v) is 18.9. The molecule has 0 unspecified atom stereocenters. The average molecular weight is 411 g/mol. The molecule has 1 aromatic rings. The predicted octanol–water partition coefficient (Wildman–Crippen LogP) is 1.25. The fraction of sp³-hybridized carbons (Fsp3) is 0.667. The molecule has 0 aliphatic carbocycles. The maximum Gasteiger partial charge on any atom is 0.251 e. The fourth-order valence-electron chi connectivity index (χ4n) is 4.17. The first-order chi connectivity index (χ1) is 12.9. The van der Waals surface area contributed by atoms with Gasteiger partial charge in [0.15, 0.2) is 0 Å². The zero-order valence-electron chi connectivity index (χ0n) is 18.1. The molecule has 2 N–H and O–H groups in total. The summed E-state index contributed by atoms with van der Waals surface area (Å²) in [5.74, 6) is 0.540. The molecule has 0 aromatic heterocycles. The molecule has 1 saturated heterocycles. The summed E-state index contributed by atoms with van der Waals surface area (Å²) in [6, 6.07) is 6.29. The van der Waals surface area contributed by atoms with Crippen molar-refractivity contribution in [3.05, 3.63) is 29.8 Å². The summed E-state index contributed by atoms with van der Waals surface area (Å²) in [7, 11) is 0.659. The Kier molecular flexibility index (Phi) is 7.28. The SMILES string of the molecule is C[C@@H]1C[C@H](C)CN(S(=O)(=O)c2ccc(C(=O)NCC(C)(C)C[NH+](C)C)cc2)C1. The second kappa shape index (κ2) is 8.93. The van der Waals surface area contributed by atoms with Gasteiger partial charge < -0.3 is 10.2 Å². The Morgan fingerprint density at radius 1 is 1.14 bits per heavy atom. The van der Waals surface area contributed by atoms with Gasteiger partial charge in [-0.05, 0) is 42.5 Å². The number of sulfonamides is 1. The molecule has 2 rings (SSSR count). The van der Waals surface area contributed by atoms with Crippen molar-refractivity contribution in [2.24, 2.45) is 17.3 Å². The Bertz CT molecular complexity index is 763. The number of rotatable bonds is 7. The summed E-state index contributed by atoms with van der Waals surface area (Å²) in [6.07, 6.45) is 1.05. The first kappa shape index (κ1) is 22.8. The minimum atomic E-state index is -3.52. The molecule has 0 saturated carbocycles. The third-order valence-corrected chi connectivity index (χ3v) is 7.00. The topological polar surface area (TPSA) is 70.9 Å². The van der Waals surface area contributed by atoms with Crippen molar-refractivity contribution in [1.29, 1.82) is 0 Å². The van der Waals surface area contributed by atoms with E-state index in [1.165, 1.54) is 4.90 Å². The molecule has 0 spiro atoms. The van der Waals surface area contributed by atoms with Gasteiger partial charge in [0.05, 0.1) is 25.5 Å². The van der Waals surface area contributed by atoms with Gasteiger partial charge in [-0.2, -0.15) is 4.31 Å². The maximum absolute atomic E-state index is 12.9. The van der Waals surface area contributed by atoms with E-state index in [0.29, 0.717) is 37.0 Å². The summed E-state index contributed by atoms with van der Waals surface area (Å²) < 4.78 is 27.5. The lowest BCUT2D eigenvalue weighted by Gasteiger charge is -2.34. The predicted molar refractivity (Wildman–Crippen MR) is 112 cm³/mol. The van der Waals surface area contributed by atoms with Gasteiger partial charge in [0.1, 0.15) is 0 Å². The van der Waals surface area contributed by atoms with Crippen LogP contribution in [0, 0.1) is 17.3 Å². The summed E-state index contributed by atoms with van der Waals surface area (Å²) in [6.45, 7) is 11.0. The van der Waals surface area contributed by atoms with Crippen molar-refractivity contribution in [2.75, 3.05) is 40.3 Å². The van der Waals surface area contributed by atoms with Crippen LogP contribution in [0.4, 0.5) is 0 Å². The first-order valence-corrected chi connectivity index (χ1v) is 11.5. The van der Waals surface area contributed by atoms with Gasteiger partial charge in [0.2, 0.25) is 10.0 Å². The highest BCUT2D eigenvalue weighted by Crippen LogP contribution is 2.26. The van der Waals surface area contributed by atoms with E-state index in [2.05, 4.69) is 47.1 Å². The van der Waals surface area contributed by atoms with Crippen LogP contribution in [0.1, 0.15) is 44.5 Å². The summed E-state index contributed by atoms with van der Waals surface area (Å²) in [5, 5.41) is 2.97. The van der Waals surface area contributed by atoms with Crippen LogP contribution >= 0.6 is 0 Å². The minimum Gasteiger partial charge on any atom is -0.351 e. The normalized spacial score (nSPS) is 21.7. The number of hydrogen-bond acceptors (Lipinski definition) is 3. The quantitative estimate of drug-likeness (QED) is 0.711. The molecule has 1 fully saturated rings. The van der Waals surface area contributed by atoms with Crippen LogP contribution in [0.2, 0.25) is 0 Å². The molecule has 158 valence electrons. The third-order valence-electron chi connectivity index (χ3n) is 5.15. The number of nitrogens with zero attached hydrogens (tertiary/aromatic N) is 1. The lowest BCUT2D eigenvalue weighted by Crippen LogP contribution is -3.07. The highest BCUT2D eigenvalue weighted by molar-refractivity contribution is 7.89. The molecule has 1 aromatic carbocycles. The monoisotopic (exact) mass is 410 g/mol. The van der Waals surface area contributed by atoms with Gasteiger partial charge in [-0.15, -0.1) is 0 Å². The highest BCUT2D eigenvalue weighted by atomic mass is 32.2. The van der Waals surface area contributed by atoms with E-state index in [1.54, 1.807) is 28.6 Å². The number of hydrogen-bond donors (Lipinski definition) is 2. The Hall–Kier alpha value is -1.44. The highest BCUT2D eigenvalue weighted by Gasteiger charge is 2.31. The Morgan fingerprint density at radius 3 is 2.18 bits per heavy atom. The van der Waals surface area contributed by atoms with E-state index in [4.69, 9.17) is 0 Å². The molecule has 28 heavy (non-hydrogen) atoms. The van der Waals surface area contributed by atoms with Gasteiger partial charge in [0, 0.05) is 30.6 Å². The molecule has 7 heteroatoms. The van der Waals surface area contributed by atoms with Gasteiger partial charge >= 0.3 is 0 Å². The summed E-state index contributed by atoms with van der Waals surface area (Å²) >= 11 is 0. The third kappa shape index (κ3) is 6.03. The lowest BCUT2D eigenvalue weighted by atomic mass is 9.93. The van der Waals surface area contributed by atoms with E-state index in [-0.39, 0.29) is 16.2 Å². The number of carbonyl (C=O) groups excluding carboxylic acids is 1. The minimum absolute atomic E-state index is 0.0145. The number of carbonyl (C=O) groups is 1. The number of nitrogens with one attached hydrogen (secondary N) is 2. The van der Waals surface area contributed by atoms with E-state index >= 15 is 0 Å². The Labute approximate surface area is 170 Å². The van der Waals surface area contributed by atoms with Crippen LogP contribution in [0.3, 0.4) is 0 Å². The number of benzene rings is 1. The van der Waals surface area contributed by atoms with Crippen LogP contribution in [0.15, 0.2) is 29.2 Å². The Balaban J connectivity index is 2.05. The number of piperidine rings is 1. The van der Waals surface area contributed by atoms with Crippen molar-refractivity contribution in [1.82, 2.24) is 9.62 Å². The molecule has 2 atom stereocenters. The van der Waals surface area contributed by atoms with Crippen molar-refractivity contribution in [3.63, 3.8) is 0 Å². The van der Waals surface area contributed by atoms with Crippen molar-refractivity contribution in [3.8, 4) is 0 Å². The van der Waals surface area contributed by atoms with Crippen LogP contribution in [-0.2, 0) is 10.0 Å². The lowest BCUT2D eigenvalue weighted by molar-refractivity contribution is -0.865. The van der Waals surface area contributed by atoms with Gasteiger partial charge in [-0.1, -0.05) is 27.7 Å². The Morgan fingerprint density at radius 2 is 1.68 bits per heavy atom. The van der Waals surface area contributed by atoms with Crippen molar-refractivity contribution in [2.45, 2.75) is 39.0 Å². The van der Waals surface area contributed by atoms with Gasteiger partial charge in [-0.25, -0.2) is 8.42 Å². The van der Waals surface area contributed by atoms with Crippen molar-refractivity contribution < 1.29 is 18.1 Å². The fourth-order valence-corrected chi connectivity index (χ4v) is 5.85. The number of amides is 1. The first-order valence-electron chi connectivity index (χ1n) is 10.1. The molecule has 1 aliphatic heterocycles. The van der Waals surface area contributed by atoms with E-state index < -0.39 is 10.0 Å². The zero-order chi connectivity index (χ0) is 21.1. The molecule has 1 heterocycles. The summed E-state index contributed by atoms with van der Waals surface area (Å²) in [5.41, 5.74) is 0.465. The van der Waals surface area contributed by atoms with E-state index in [0.717, 1.165) is 13.0 Å². The average Bonchev–Trinajstić information content (AvgIpc) is 2.58. The largest absolute Gasteiger partial charge is 0.351 e. The maximum atomic E-state index is 12.9. The molecule has 0 radical (unpaired) electrons. The molecule has 6 nitrogen and oxygen atoms in total. The van der Waals surface area contributed by atoms with Crippen molar-refractivity contribution >= 4 is 15.9 Å². The van der Waals surface area contributed by atoms with E-state index in [1.807, 2.05) is 0 Å². The molecular formula is C21H36N3O3S+. The molecule has 1 aliphatic rings. The van der Waals surface area contributed by atoms with Crippen LogP contribution in [0.5, 0.6) is 0 Å². The van der Waals surface area contributed by atoms with Crippen LogP contribution in [-0.4, -0.2) is 58.9 Å². The van der Waals surface area contributed by atoms with Gasteiger partial charge in [0.25, 0.3) is 5.91 Å². The molecular weight excluding hydrogens is 374 g/mol. The van der Waals surface area contributed by atoms with E-state index in [9.17, 15) is 13.2 Å². The summed E-state index contributed by atoms with van der Waals surface area (Å²) in [4.78, 5) is 14.0. The second-order valence-corrected chi connectivity index (χ2v) is 11.5. The second-order valence-electron chi connectivity index (χ2n) is 9.52.